The number of oxazole rings is 1. The van der Waals surface area contributed by atoms with Gasteiger partial charge in [-0.25, -0.2) is 4.98 Å². The minimum absolute atomic E-state index is 0.210. The fraction of sp³-hybridized carbons (Fsp3) is 0.350. The first-order valence-electron chi connectivity index (χ1n) is 9.22. The standard InChI is InChI=1S/C20H21N3O5/c1-12-21-15-7-6-13(10-18(15)28-12)22-19(25)20(26)23-8-2-4-14(23)11-16(24)17-5-3-9-27-17/h3,5-7,9-10,14,16,24H,2,4,8,11H2,1H3,(H,22,25)/t14-,16-/m1/s1. The van der Waals surface area contributed by atoms with E-state index in [1.165, 1.54) is 11.2 Å². The smallest absolute Gasteiger partial charge is 0.313 e. The highest BCUT2D eigenvalue weighted by Gasteiger charge is 2.34. The number of hydrogen-bond donors (Lipinski definition) is 2. The summed E-state index contributed by atoms with van der Waals surface area (Å²) in [6.07, 6.45) is 2.54. The number of fused-ring (bicyclic) bond motifs is 1. The number of furan rings is 1. The number of aromatic nitrogens is 1. The van der Waals surface area contributed by atoms with Gasteiger partial charge in [-0.05, 0) is 37.1 Å². The first-order valence-corrected chi connectivity index (χ1v) is 9.22. The van der Waals surface area contributed by atoms with Crippen LogP contribution in [0.3, 0.4) is 0 Å². The Morgan fingerprint density at radius 3 is 3.04 bits per heavy atom. The van der Waals surface area contributed by atoms with Crippen LogP contribution < -0.4 is 5.32 Å². The highest BCUT2D eigenvalue weighted by atomic mass is 16.4. The molecule has 2 amide bonds. The van der Waals surface area contributed by atoms with Crippen LogP contribution in [0, 0.1) is 6.92 Å². The molecule has 28 heavy (non-hydrogen) atoms. The van der Waals surface area contributed by atoms with Crippen molar-refractivity contribution >= 4 is 28.6 Å². The molecular weight excluding hydrogens is 362 g/mol. The van der Waals surface area contributed by atoms with Crippen LogP contribution in [0.25, 0.3) is 11.1 Å². The minimum Gasteiger partial charge on any atom is -0.467 e. The number of carbonyl (C=O) groups excluding carboxylic acids is 2. The number of aliphatic hydroxyl groups is 1. The zero-order valence-electron chi connectivity index (χ0n) is 15.4. The summed E-state index contributed by atoms with van der Waals surface area (Å²) in [6.45, 7) is 2.23. The van der Waals surface area contributed by atoms with Crippen molar-refractivity contribution in [3.05, 3.63) is 48.2 Å². The highest BCUT2D eigenvalue weighted by molar-refractivity contribution is 6.39. The van der Waals surface area contributed by atoms with Gasteiger partial charge in [-0.1, -0.05) is 0 Å². The van der Waals surface area contributed by atoms with Crippen LogP contribution >= 0.6 is 0 Å². The predicted octanol–water partition coefficient (Wildman–Crippen LogP) is 2.78. The molecular formula is C20H21N3O5. The molecule has 146 valence electrons. The molecule has 0 bridgehead atoms. The number of likely N-dealkylation sites (tertiary alicyclic amines) is 1. The molecule has 0 unspecified atom stereocenters. The van der Waals surface area contributed by atoms with Crippen molar-refractivity contribution in [2.45, 2.75) is 38.3 Å². The fourth-order valence-corrected chi connectivity index (χ4v) is 3.64. The lowest BCUT2D eigenvalue weighted by atomic mass is 10.1. The number of carbonyl (C=O) groups is 2. The van der Waals surface area contributed by atoms with Gasteiger partial charge in [-0.15, -0.1) is 0 Å². The van der Waals surface area contributed by atoms with E-state index in [1.54, 1.807) is 37.3 Å². The zero-order valence-corrected chi connectivity index (χ0v) is 15.4. The van der Waals surface area contributed by atoms with Crippen molar-refractivity contribution in [3.63, 3.8) is 0 Å². The fourth-order valence-electron chi connectivity index (χ4n) is 3.64. The number of anilines is 1. The molecule has 1 fully saturated rings. The Balaban J connectivity index is 1.42. The van der Waals surface area contributed by atoms with Crippen molar-refractivity contribution in [2.24, 2.45) is 0 Å². The molecule has 1 aromatic carbocycles. The Morgan fingerprint density at radius 2 is 2.25 bits per heavy atom. The van der Waals surface area contributed by atoms with Gasteiger partial charge in [0.1, 0.15) is 17.4 Å². The van der Waals surface area contributed by atoms with E-state index in [2.05, 4.69) is 10.3 Å². The molecule has 8 nitrogen and oxygen atoms in total. The van der Waals surface area contributed by atoms with E-state index in [-0.39, 0.29) is 6.04 Å². The summed E-state index contributed by atoms with van der Waals surface area (Å²) in [4.78, 5) is 30.9. The molecule has 1 aliphatic heterocycles. The van der Waals surface area contributed by atoms with Crippen LogP contribution in [0.15, 0.2) is 45.4 Å². The van der Waals surface area contributed by atoms with Gasteiger partial charge in [-0.2, -0.15) is 0 Å². The maximum atomic E-state index is 12.7. The van der Waals surface area contributed by atoms with Gasteiger partial charge < -0.3 is 24.2 Å². The van der Waals surface area contributed by atoms with Crippen LogP contribution in [-0.4, -0.2) is 39.4 Å². The van der Waals surface area contributed by atoms with E-state index in [9.17, 15) is 14.7 Å². The topological polar surface area (TPSA) is 109 Å². The third-order valence-electron chi connectivity index (χ3n) is 4.95. The third-order valence-corrected chi connectivity index (χ3v) is 4.95. The van der Waals surface area contributed by atoms with Crippen molar-refractivity contribution in [1.29, 1.82) is 0 Å². The van der Waals surface area contributed by atoms with E-state index >= 15 is 0 Å². The number of rotatable bonds is 4. The van der Waals surface area contributed by atoms with E-state index in [4.69, 9.17) is 8.83 Å². The number of nitrogens with one attached hydrogen (secondary N) is 1. The SMILES string of the molecule is Cc1nc2ccc(NC(=O)C(=O)N3CCC[C@@H]3C[C@@H](O)c3ccco3)cc2o1. The minimum atomic E-state index is -0.812. The summed E-state index contributed by atoms with van der Waals surface area (Å²) >= 11 is 0. The van der Waals surface area contributed by atoms with Crippen LogP contribution in [0.5, 0.6) is 0 Å². The Bertz CT molecular complexity index is 995. The Hall–Kier alpha value is -3.13. The molecule has 8 heteroatoms. The third kappa shape index (κ3) is 3.63. The number of aryl methyl sites for hydroxylation is 1. The number of benzene rings is 1. The van der Waals surface area contributed by atoms with Gasteiger partial charge >= 0.3 is 11.8 Å². The maximum Gasteiger partial charge on any atom is 0.313 e. The molecule has 2 atom stereocenters. The van der Waals surface area contributed by atoms with Crippen molar-refractivity contribution < 1.29 is 23.5 Å². The first kappa shape index (κ1) is 18.2. The Morgan fingerprint density at radius 1 is 1.39 bits per heavy atom. The van der Waals surface area contributed by atoms with Gasteiger partial charge in [0.05, 0.1) is 6.26 Å². The quantitative estimate of drug-likeness (QED) is 0.671. The van der Waals surface area contributed by atoms with Crippen LogP contribution in [0.4, 0.5) is 5.69 Å². The molecule has 0 saturated carbocycles. The second-order valence-corrected chi connectivity index (χ2v) is 6.93. The van der Waals surface area contributed by atoms with Gasteiger partial charge in [0.15, 0.2) is 11.5 Å². The number of amides is 2. The molecule has 2 N–H and O–H groups in total. The molecule has 2 aromatic heterocycles. The second-order valence-electron chi connectivity index (χ2n) is 6.93. The largest absolute Gasteiger partial charge is 0.467 e. The average Bonchev–Trinajstić information content (AvgIpc) is 3.40. The lowest BCUT2D eigenvalue weighted by Gasteiger charge is -2.25. The van der Waals surface area contributed by atoms with Gasteiger partial charge in [-0.3, -0.25) is 9.59 Å². The molecule has 1 saturated heterocycles. The van der Waals surface area contributed by atoms with Crippen molar-refractivity contribution in [1.82, 2.24) is 9.88 Å². The monoisotopic (exact) mass is 383 g/mol. The molecule has 4 rings (SSSR count). The summed E-state index contributed by atoms with van der Waals surface area (Å²) < 4.78 is 10.7. The molecule has 3 aromatic rings. The lowest BCUT2D eigenvalue weighted by molar-refractivity contribution is -0.144. The number of nitrogens with zero attached hydrogens (tertiary/aromatic N) is 2. The molecule has 0 aliphatic carbocycles. The van der Waals surface area contributed by atoms with E-state index in [0.717, 1.165) is 12.8 Å². The van der Waals surface area contributed by atoms with Gasteiger partial charge in [0, 0.05) is 37.7 Å². The summed E-state index contributed by atoms with van der Waals surface area (Å²) in [5.74, 6) is -0.332. The van der Waals surface area contributed by atoms with E-state index < -0.39 is 17.9 Å². The van der Waals surface area contributed by atoms with Crippen molar-refractivity contribution in [3.8, 4) is 0 Å². The lowest BCUT2D eigenvalue weighted by Crippen LogP contribution is -2.43. The highest BCUT2D eigenvalue weighted by Crippen LogP contribution is 2.28. The first-order chi connectivity index (χ1) is 13.5. The predicted molar refractivity (Wildman–Crippen MR) is 100 cm³/mol. The Kier molecular flexibility index (Phi) is 4.87. The summed E-state index contributed by atoms with van der Waals surface area (Å²) in [7, 11) is 0. The number of hydrogen-bond acceptors (Lipinski definition) is 6. The zero-order chi connectivity index (χ0) is 19.7. The van der Waals surface area contributed by atoms with Crippen LogP contribution in [0.2, 0.25) is 0 Å². The van der Waals surface area contributed by atoms with Crippen molar-refractivity contribution in [2.75, 3.05) is 11.9 Å². The van der Waals surface area contributed by atoms with E-state index in [0.29, 0.717) is 41.4 Å². The summed E-state index contributed by atoms with van der Waals surface area (Å²) in [5, 5.41) is 12.9. The van der Waals surface area contributed by atoms with E-state index in [1.807, 2.05) is 0 Å². The summed E-state index contributed by atoms with van der Waals surface area (Å²) in [6, 6.07) is 8.23. The molecule has 3 heterocycles. The van der Waals surface area contributed by atoms with Gasteiger partial charge in [0.25, 0.3) is 0 Å². The maximum absolute atomic E-state index is 12.7. The van der Waals surface area contributed by atoms with Crippen LogP contribution in [-0.2, 0) is 9.59 Å². The van der Waals surface area contributed by atoms with Crippen LogP contribution in [0.1, 0.15) is 37.0 Å². The average molecular weight is 383 g/mol. The second kappa shape index (κ2) is 7.47. The molecule has 0 spiro atoms. The Labute approximate surface area is 161 Å². The molecule has 0 radical (unpaired) electrons. The summed E-state index contributed by atoms with van der Waals surface area (Å²) in [5.41, 5.74) is 1.70. The van der Waals surface area contributed by atoms with Gasteiger partial charge in [0.2, 0.25) is 0 Å². The number of aliphatic hydroxyl groups excluding tert-OH is 1. The normalized spacial score (nSPS) is 17.8. The molecule has 1 aliphatic rings.